The van der Waals surface area contributed by atoms with Crippen molar-refractivity contribution in [2.45, 2.75) is 32.2 Å². The Morgan fingerprint density at radius 3 is 2.85 bits per heavy atom. The van der Waals surface area contributed by atoms with E-state index in [0.29, 0.717) is 6.61 Å². The lowest BCUT2D eigenvalue weighted by molar-refractivity contribution is -0.146. The first-order chi connectivity index (χ1) is 9.68. The summed E-state index contributed by atoms with van der Waals surface area (Å²) in [5.41, 5.74) is 0. The summed E-state index contributed by atoms with van der Waals surface area (Å²) >= 11 is 0. The maximum atomic E-state index is 11.4. The third-order valence-electron chi connectivity index (χ3n) is 3.89. The van der Waals surface area contributed by atoms with Crippen molar-refractivity contribution in [3.8, 4) is 5.75 Å². The van der Waals surface area contributed by atoms with Crippen molar-refractivity contribution in [3.63, 3.8) is 0 Å². The Morgan fingerprint density at radius 1 is 1.40 bits per heavy atom. The van der Waals surface area contributed by atoms with Crippen molar-refractivity contribution < 1.29 is 14.6 Å². The minimum absolute atomic E-state index is 0.233. The number of aliphatic carboxylic acids is 1. The first-order valence-electron chi connectivity index (χ1n) is 7.33. The summed E-state index contributed by atoms with van der Waals surface area (Å²) in [4.78, 5) is 13.4. The molecule has 110 valence electrons. The average molecular weight is 277 g/mol. The molecule has 1 saturated heterocycles. The lowest BCUT2D eigenvalue weighted by Crippen LogP contribution is -2.49. The van der Waals surface area contributed by atoms with Gasteiger partial charge in [0.2, 0.25) is 0 Å². The summed E-state index contributed by atoms with van der Waals surface area (Å²) in [6.07, 6.45) is 2.95. The van der Waals surface area contributed by atoms with Crippen LogP contribution in [0.4, 0.5) is 0 Å². The number of likely N-dealkylation sites (tertiary alicyclic amines) is 1. The SMILES string of the molecule is CC1CCCN(CCCOc2ccccc2)C1C(=O)O. The van der Waals surface area contributed by atoms with E-state index in [0.717, 1.165) is 38.1 Å². The molecule has 1 aliphatic heterocycles. The molecule has 0 radical (unpaired) electrons. The fourth-order valence-corrected chi connectivity index (χ4v) is 2.90. The van der Waals surface area contributed by atoms with E-state index in [2.05, 4.69) is 4.90 Å². The molecule has 1 fully saturated rings. The van der Waals surface area contributed by atoms with E-state index in [9.17, 15) is 9.90 Å². The monoisotopic (exact) mass is 277 g/mol. The van der Waals surface area contributed by atoms with Gasteiger partial charge in [-0.15, -0.1) is 0 Å². The van der Waals surface area contributed by atoms with Crippen LogP contribution in [0.25, 0.3) is 0 Å². The van der Waals surface area contributed by atoms with Gasteiger partial charge in [0.1, 0.15) is 11.8 Å². The number of piperidine rings is 1. The molecule has 1 heterocycles. The molecule has 0 saturated carbocycles. The van der Waals surface area contributed by atoms with Crippen LogP contribution < -0.4 is 4.74 Å². The first kappa shape index (κ1) is 14.9. The summed E-state index contributed by atoms with van der Waals surface area (Å²) in [5, 5.41) is 9.34. The van der Waals surface area contributed by atoms with Crippen LogP contribution in [0, 0.1) is 5.92 Å². The molecule has 1 aromatic carbocycles. The molecule has 0 amide bonds. The van der Waals surface area contributed by atoms with Crippen LogP contribution in [-0.2, 0) is 4.79 Å². The van der Waals surface area contributed by atoms with E-state index >= 15 is 0 Å². The Bertz CT molecular complexity index is 421. The molecular weight excluding hydrogens is 254 g/mol. The second-order valence-electron chi connectivity index (χ2n) is 5.45. The number of hydrogen-bond donors (Lipinski definition) is 1. The van der Waals surface area contributed by atoms with Crippen molar-refractivity contribution in [3.05, 3.63) is 30.3 Å². The zero-order chi connectivity index (χ0) is 14.4. The van der Waals surface area contributed by atoms with E-state index in [1.807, 2.05) is 37.3 Å². The van der Waals surface area contributed by atoms with Crippen LogP contribution in [0.1, 0.15) is 26.2 Å². The zero-order valence-electron chi connectivity index (χ0n) is 12.0. The molecule has 0 aromatic heterocycles. The molecule has 0 spiro atoms. The molecule has 2 atom stereocenters. The highest BCUT2D eigenvalue weighted by atomic mass is 16.5. The van der Waals surface area contributed by atoms with Gasteiger partial charge in [-0.3, -0.25) is 9.69 Å². The predicted octanol–water partition coefficient (Wildman–Crippen LogP) is 2.64. The number of hydrogen-bond acceptors (Lipinski definition) is 3. The maximum Gasteiger partial charge on any atom is 0.321 e. The fourth-order valence-electron chi connectivity index (χ4n) is 2.90. The number of carboxylic acid groups (broad SMARTS) is 1. The normalized spacial score (nSPS) is 23.4. The van der Waals surface area contributed by atoms with E-state index in [1.165, 1.54) is 0 Å². The largest absolute Gasteiger partial charge is 0.494 e. The minimum Gasteiger partial charge on any atom is -0.494 e. The molecule has 2 unspecified atom stereocenters. The van der Waals surface area contributed by atoms with Crippen LogP contribution in [0.5, 0.6) is 5.75 Å². The molecule has 2 rings (SSSR count). The lowest BCUT2D eigenvalue weighted by atomic mass is 9.91. The second-order valence-corrected chi connectivity index (χ2v) is 5.45. The third kappa shape index (κ3) is 3.97. The number of para-hydroxylation sites is 1. The quantitative estimate of drug-likeness (QED) is 0.812. The van der Waals surface area contributed by atoms with E-state index in [-0.39, 0.29) is 12.0 Å². The number of nitrogens with zero attached hydrogens (tertiary/aromatic N) is 1. The van der Waals surface area contributed by atoms with Gasteiger partial charge in [-0.05, 0) is 43.9 Å². The van der Waals surface area contributed by atoms with Gasteiger partial charge in [0.15, 0.2) is 0 Å². The van der Waals surface area contributed by atoms with E-state index in [1.54, 1.807) is 0 Å². The molecule has 1 aliphatic rings. The summed E-state index contributed by atoms with van der Waals surface area (Å²) in [6.45, 7) is 4.33. The maximum absolute atomic E-state index is 11.4. The summed E-state index contributed by atoms with van der Waals surface area (Å²) in [6, 6.07) is 9.39. The van der Waals surface area contributed by atoms with E-state index < -0.39 is 5.97 Å². The fraction of sp³-hybridized carbons (Fsp3) is 0.562. The molecule has 1 N–H and O–H groups in total. The van der Waals surface area contributed by atoms with Gasteiger partial charge in [0, 0.05) is 6.54 Å². The zero-order valence-corrected chi connectivity index (χ0v) is 12.0. The Balaban J connectivity index is 1.76. The van der Waals surface area contributed by atoms with Crippen molar-refractivity contribution in [2.24, 2.45) is 5.92 Å². The number of carbonyl (C=O) groups is 1. The topological polar surface area (TPSA) is 49.8 Å². The van der Waals surface area contributed by atoms with Gasteiger partial charge in [-0.25, -0.2) is 0 Å². The van der Waals surface area contributed by atoms with Crippen molar-refractivity contribution in [1.29, 1.82) is 0 Å². The second kappa shape index (κ2) is 7.29. The highest BCUT2D eigenvalue weighted by Crippen LogP contribution is 2.23. The third-order valence-corrected chi connectivity index (χ3v) is 3.89. The van der Waals surface area contributed by atoms with Crippen LogP contribution >= 0.6 is 0 Å². The number of ether oxygens (including phenoxy) is 1. The van der Waals surface area contributed by atoms with Crippen molar-refractivity contribution in [2.75, 3.05) is 19.7 Å². The highest BCUT2D eigenvalue weighted by Gasteiger charge is 2.33. The van der Waals surface area contributed by atoms with Crippen LogP contribution in [-0.4, -0.2) is 41.7 Å². The molecule has 4 heteroatoms. The standard InChI is InChI=1S/C16H23NO3/c1-13-7-5-10-17(15(13)16(18)19)11-6-12-20-14-8-3-2-4-9-14/h2-4,8-9,13,15H,5-7,10-12H2,1H3,(H,18,19). The van der Waals surface area contributed by atoms with Crippen LogP contribution in [0.2, 0.25) is 0 Å². The number of carboxylic acids is 1. The Kier molecular flexibility index (Phi) is 5.41. The van der Waals surface area contributed by atoms with Crippen LogP contribution in [0.3, 0.4) is 0 Å². The Labute approximate surface area is 120 Å². The molecule has 0 aliphatic carbocycles. The smallest absolute Gasteiger partial charge is 0.321 e. The van der Waals surface area contributed by atoms with Gasteiger partial charge in [-0.2, -0.15) is 0 Å². The predicted molar refractivity (Wildman–Crippen MR) is 77.9 cm³/mol. The molecule has 20 heavy (non-hydrogen) atoms. The molecule has 0 bridgehead atoms. The minimum atomic E-state index is -0.693. The number of rotatable bonds is 6. The lowest BCUT2D eigenvalue weighted by Gasteiger charge is -2.37. The van der Waals surface area contributed by atoms with Gasteiger partial charge in [0.05, 0.1) is 6.61 Å². The summed E-state index contributed by atoms with van der Waals surface area (Å²) in [5.74, 6) is 0.409. The molecular formula is C16H23NO3. The van der Waals surface area contributed by atoms with E-state index in [4.69, 9.17) is 4.74 Å². The highest BCUT2D eigenvalue weighted by molar-refractivity contribution is 5.74. The molecule has 1 aromatic rings. The first-order valence-corrected chi connectivity index (χ1v) is 7.33. The molecule has 4 nitrogen and oxygen atoms in total. The number of benzene rings is 1. The van der Waals surface area contributed by atoms with Crippen LogP contribution in [0.15, 0.2) is 30.3 Å². The summed E-state index contributed by atoms with van der Waals surface area (Å²) < 4.78 is 5.65. The van der Waals surface area contributed by atoms with Gasteiger partial charge in [-0.1, -0.05) is 25.1 Å². The summed E-state index contributed by atoms with van der Waals surface area (Å²) in [7, 11) is 0. The Hall–Kier alpha value is -1.55. The Morgan fingerprint density at radius 2 is 2.15 bits per heavy atom. The van der Waals surface area contributed by atoms with Gasteiger partial charge < -0.3 is 9.84 Å². The van der Waals surface area contributed by atoms with Gasteiger partial charge in [0.25, 0.3) is 0 Å². The van der Waals surface area contributed by atoms with Crippen molar-refractivity contribution in [1.82, 2.24) is 4.90 Å². The van der Waals surface area contributed by atoms with Crippen molar-refractivity contribution >= 4 is 5.97 Å². The van der Waals surface area contributed by atoms with Gasteiger partial charge >= 0.3 is 5.97 Å². The average Bonchev–Trinajstić information content (AvgIpc) is 2.44.